The minimum atomic E-state index is 0.0125. The first-order valence-corrected chi connectivity index (χ1v) is 12.8. The summed E-state index contributed by atoms with van der Waals surface area (Å²) in [6.45, 7) is 7.46. The van der Waals surface area contributed by atoms with E-state index in [1.165, 1.54) is 109 Å². The Morgan fingerprint density at radius 3 is 1.54 bits per heavy atom. The molecule has 0 amide bonds. The number of unbranched alkanes of at least 4 members (excludes halogenated alkanes) is 16. The molecule has 0 aromatic heterocycles. The van der Waals surface area contributed by atoms with Crippen LogP contribution in [0.25, 0.3) is 0 Å². The highest BCUT2D eigenvalue weighted by Gasteiger charge is 2.03. The van der Waals surface area contributed by atoms with E-state index in [9.17, 15) is 4.79 Å². The van der Waals surface area contributed by atoms with Gasteiger partial charge in [0.25, 0.3) is 0 Å². The molecule has 0 saturated carbocycles. The van der Waals surface area contributed by atoms with Crippen molar-refractivity contribution < 1.29 is 9.53 Å². The van der Waals surface area contributed by atoms with E-state index < -0.39 is 0 Å². The molecule has 0 rings (SSSR count). The number of esters is 1. The molecule has 0 atom stereocenters. The zero-order chi connectivity index (χ0) is 20.7. The van der Waals surface area contributed by atoms with Crippen molar-refractivity contribution in [2.45, 2.75) is 149 Å². The summed E-state index contributed by atoms with van der Waals surface area (Å²) in [6.07, 6.45) is 25.7. The second-order valence-electron chi connectivity index (χ2n) is 9.16. The van der Waals surface area contributed by atoms with E-state index in [4.69, 9.17) is 4.74 Å². The second-order valence-corrected chi connectivity index (χ2v) is 9.16. The quantitative estimate of drug-likeness (QED) is 0.135. The fraction of sp³-hybridized carbons (Fsp3) is 0.962. The first-order chi connectivity index (χ1) is 13.7. The average Bonchev–Trinajstić information content (AvgIpc) is 2.67. The summed E-state index contributed by atoms with van der Waals surface area (Å²) >= 11 is 0. The molecule has 168 valence electrons. The molecule has 0 radical (unpaired) electrons. The Bertz CT molecular complexity index is 312. The molecule has 2 nitrogen and oxygen atoms in total. The maximum atomic E-state index is 11.7. The van der Waals surface area contributed by atoms with Gasteiger partial charge in [-0.1, -0.05) is 130 Å². The molecule has 0 N–H and O–H groups in total. The third kappa shape index (κ3) is 23.5. The van der Waals surface area contributed by atoms with Gasteiger partial charge in [0.1, 0.15) is 0 Å². The SMILES string of the molecule is CCCCCCCCCCCCCCCCOC(=O)CCCCCCC(C)C. The maximum Gasteiger partial charge on any atom is 0.305 e. The van der Waals surface area contributed by atoms with E-state index in [0.29, 0.717) is 13.0 Å². The molecule has 0 heterocycles. The van der Waals surface area contributed by atoms with Crippen LogP contribution in [0.1, 0.15) is 149 Å². The third-order valence-electron chi connectivity index (χ3n) is 5.67. The van der Waals surface area contributed by atoms with Gasteiger partial charge in [0.05, 0.1) is 6.61 Å². The van der Waals surface area contributed by atoms with Crippen LogP contribution < -0.4 is 0 Å². The van der Waals surface area contributed by atoms with Gasteiger partial charge in [0.2, 0.25) is 0 Å². The number of carbonyl (C=O) groups is 1. The number of rotatable bonds is 22. The molecule has 0 aromatic carbocycles. The predicted octanol–water partition coefficient (Wildman–Crippen LogP) is 9.01. The largest absolute Gasteiger partial charge is 0.466 e. The lowest BCUT2D eigenvalue weighted by molar-refractivity contribution is -0.143. The fourth-order valence-electron chi connectivity index (χ4n) is 3.73. The number of hydrogen-bond donors (Lipinski definition) is 0. The minimum Gasteiger partial charge on any atom is -0.466 e. The van der Waals surface area contributed by atoms with Crippen molar-refractivity contribution in [1.82, 2.24) is 0 Å². The Morgan fingerprint density at radius 1 is 0.607 bits per heavy atom. The van der Waals surface area contributed by atoms with E-state index in [1.54, 1.807) is 0 Å². The summed E-state index contributed by atoms with van der Waals surface area (Å²) < 4.78 is 5.35. The van der Waals surface area contributed by atoms with E-state index in [1.807, 2.05) is 0 Å². The molecule has 0 aliphatic heterocycles. The van der Waals surface area contributed by atoms with Crippen LogP contribution in [-0.4, -0.2) is 12.6 Å². The normalized spacial score (nSPS) is 11.3. The molecule has 0 unspecified atom stereocenters. The summed E-state index contributed by atoms with van der Waals surface area (Å²) in [7, 11) is 0. The second kappa shape index (κ2) is 22.8. The highest BCUT2D eigenvalue weighted by molar-refractivity contribution is 5.69. The van der Waals surface area contributed by atoms with E-state index in [2.05, 4.69) is 20.8 Å². The molecule has 0 fully saturated rings. The first kappa shape index (κ1) is 27.5. The Balaban J connectivity index is 3.13. The van der Waals surface area contributed by atoms with Crippen molar-refractivity contribution in [2.75, 3.05) is 6.61 Å². The van der Waals surface area contributed by atoms with Gasteiger partial charge in [0.15, 0.2) is 0 Å². The van der Waals surface area contributed by atoms with Crippen molar-refractivity contribution in [3.63, 3.8) is 0 Å². The van der Waals surface area contributed by atoms with E-state index in [-0.39, 0.29) is 5.97 Å². The van der Waals surface area contributed by atoms with Crippen molar-refractivity contribution in [3.05, 3.63) is 0 Å². The van der Waals surface area contributed by atoms with Crippen molar-refractivity contribution in [2.24, 2.45) is 5.92 Å². The average molecular weight is 397 g/mol. The van der Waals surface area contributed by atoms with Crippen LogP contribution in [0, 0.1) is 5.92 Å². The molecule has 0 aliphatic carbocycles. The molecule has 0 saturated heterocycles. The van der Waals surface area contributed by atoms with Crippen LogP contribution >= 0.6 is 0 Å². The Kier molecular flexibility index (Phi) is 22.3. The van der Waals surface area contributed by atoms with Crippen LogP contribution in [0.5, 0.6) is 0 Å². The number of hydrogen-bond acceptors (Lipinski definition) is 2. The lowest BCUT2D eigenvalue weighted by atomic mass is 10.0. The highest BCUT2D eigenvalue weighted by Crippen LogP contribution is 2.13. The monoisotopic (exact) mass is 396 g/mol. The number of ether oxygens (including phenoxy) is 1. The van der Waals surface area contributed by atoms with Crippen LogP contribution in [0.2, 0.25) is 0 Å². The summed E-state index contributed by atoms with van der Waals surface area (Å²) in [4.78, 5) is 11.7. The van der Waals surface area contributed by atoms with Gasteiger partial charge in [-0.3, -0.25) is 4.79 Å². The smallest absolute Gasteiger partial charge is 0.305 e. The van der Waals surface area contributed by atoms with Gasteiger partial charge < -0.3 is 4.74 Å². The Hall–Kier alpha value is -0.530. The fourth-order valence-corrected chi connectivity index (χ4v) is 3.73. The van der Waals surface area contributed by atoms with Crippen molar-refractivity contribution in [3.8, 4) is 0 Å². The van der Waals surface area contributed by atoms with Crippen LogP contribution in [0.15, 0.2) is 0 Å². The first-order valence-electron chi connectivity index (χ1n) is 12.8. The summed E-state index contributed by atoms with van der Waals surface area (Å²) in [6, 6.07) is 0. The topological polar surface area (TPSA) is 26.3 Å². The molecular weight excluding hydrogens is 344 g/mol. The van der Waals surface area contributed by atoms with Crippen LogP contribution in [0.4, 0.5) is 0 Å². The van der Waals surface area contributed by atoms with Crippen LogP contribution in [0.3, 0.4) is 0 Å². The third-order valence-corrected chi connectivity index (χ3v) is 5.67. The molecule has 28 heavy (non-hydrogen) atoms. The predicted molar refractivity (Wildman–Crippen MR) is 124 cm³/mol. The Labute approximate surface area is 177 Å². The Morgan fingerprint density at radius 2 is 1.04 bits per heavy atom. The minimum absolute atomic E-state index is 0.0125. The van der Waals surface area contributed by atoms with Crippen molar-refractivity contribution >= 4 is 5.97 Å². The lowest BCUT2D eigenvalue weighted by Crippen LogP contribution is -2.05. The van der Waals surface area contributed by atoms with Crippen LogP contribution in [-0.2, 0) is 9.53 Å². The molecule has 0 aromatic rings. The molecular formula is C26H52O2. The van der Waals surface area contributed by atoms with E-state index in [0.717, 1.165) is 18.8 Å². The lowest BCUT2D eigenvalue weighted by Gasteiger charge is -2.06. The van der Waals surface area contributed by atoms with E-state index >= 15 is 0 Å². The highest BCUT2D eigenvalue weighted by atomic mass is 16.5. The summed E-state index contributed by atoms with van der Waals surface area (Å²) in [5.41, 5.74) is 0. The number of carbonyl (C=O) groups excluding carboxylic acids is 1. The zero-order valence-electron chi connectivity index (χ0n) is 19.7. The van der Waals surface area contributed by atoms with Crippen molar-refractivity contribution in [1.29, 1.82) is 0 Å². The van der Waals surface area contributed by atoms with Gasteiger partial charge in [0, 0.05) is 6.42 Å². The summed E-state index contributed by atoms with van der Waals surface area (Å²) in [5, 5.41) is 0. The van der Waals surface area contributed by atoms with Gasteiger partial charge in [-0.2, -0.15) is 0 Å². The maximum absolute atomic E-state index is 11.7. The molecule has 0 spiro atoms. The molecule has 0 aliphatic rings. The zero-order valence-corrected chi connectivity index (χ0v) is 19.7. The molecule has 0 bridgehead atoms. The van der Waals surface area contributed by atoms with Gasteiger partial charge in [-0.25, -0.2) is 0 Å². The van der Waals surface area contributed by atoms with Gasteiger partial charge >= 0.3 is 5.97 Å². The summed E-state index contributed by atoms with van der Waals surface area (Å²) in [5.74, 6) is 0.814. The van der Waals surface area contributed by atoms with Gasteiger partial charge in [-0.15, -0.1) is 0 Å². The molecule has 2 heteroatoms. The van der Waals surface area contributed by atoms with Gasteiger partial charge in [-0.05, 0) is 18.8 Å². The standard InChI is InChI=1S/C26H52O2/c1-4-5-6-7-8-9-10-11-12-13-14-15-18-21-24-28-26(27)23-20-17-16-19-22-25(2)3/h25H,4-24H2,1-3H3.